The quantitative estimate of drug-likeness (QED) is 0.671. The number of halogens is 1. The van der Waals surface area contributed by atoms with Crippen molar-refractivity contribution in [2.75, 3.05) is 13.7 Å². The highest BCUT2D eigenvalue weighted by Gasteiger charge is 2.18. The van der Waals surface area contributed by atoms with Crippen molar-refractivity contribution in [3.8, 4) is 11.5 Å². The Balaban J connectivity index is 2.75. The van der Waals surface area contributed by atoms with E-state index in [1.54, 1.807) is 0 Å². The lowest BCUT2D eigenvalue weighted by Gasteiger charge is -2.16. The summed E-state index contributed by atoms with van der Waals surface area (Å²) in [4.78, 5) is 23.9. The second-order valence-electron chi connectivity index (χ2n) is 5.99. The molecule has 1 atom stereocenters. The molecule has 0 spiro atoms. The molecule has 0 heterocycles. The van der Waals surface area contributed by atoms with E-state index in [0.717, 1.165) is 12.8 Å². The SMILES string of the molecule is CCCC(C)NC(=O)COC(=O)c1cc(Cl)c(OC(C)C)c(OC)c1. The monoisotopic (exact) mass is 371 g/mol. The molecule has 25 heavy (non-hydrogen) atoms. The average Bonchev–Trinajstić information content (AvgIpc) is 2.54. The van der Waals surface area contributed by atoms with Crippen LogP contribution >= 0.6 is 11.6 Å². The van der Waals surface area contributed by atoms with Crippen LogP contribution in [0.25, 0.3) is 0 Å². The molecular weight excluding hydrogens is 346 g/mol. The summed E-state index contributed by atoms with van der Waals surface area (Å²) >= 11 is 6.18. The zero-order chi connectivity index (χ0) is 19.0. The summed E-state index contributed by atoms with van der Waals surface area (Å²) in [5, 5.41) is 3.00. The van der Waals surface area contributed by atoms with Crippen molar-refractivity contribution in [2.45, 2.75) is 52.7 Å². The third kappa shape index (κ3) is 6.82. The van der Waals surface area contributed by atoms with Crippen LogP contribution in [-0.2, 0) is 9.53 Å². The van der Waals surface area contributed by atoms with Gasteiger partial charge >= 0.3 is 5.97 Å². The van der Waals surface area contributed by atoms with E-state index in [0.29, 0.717) is 11.5 Å². The predicted molar refractivity (Wildman–Crippen MR) is 96.6 cm³/mol. The van der Waals surface area contributed by atoms with Crippen molar-refractivity contribution < 1.29 is 23.8 Å². The number of benzene rings is 1. The molecule has 0 bridgehead atoms. The summed E-state index contributed by atoms with van der Waals surface area (Å²) in [6, 6.07) is 2.95. The summed E-state index contributed by atoms with van der Waals surface area (Å²) in [7, 11) is 1.45. The van der Waals surface area contributed by atoms with Gasteiger partial charge in [-0.15, -0.1) is 0 Å². The zero-order valence-corrected chi connectivity index (χ0v) is 16.1. The van der Waals surface area contributed by atoms with Crippen LogP contribution in [0.3, 0.4) is 0 Å². The van der Waals surface area contributed by atoms with Gasteiger partial charge in [-0.25, -0.2) is 4.79 Å². The lowest BCUT2D eigenvalue weighted by Crippen LogP contribution is -2.35. The molecule has 1 aromatic carbocycles. The zero-order valence-electron chi connectivity index (χ0n) is 15.3. The minimum atomic E-state index is -0.658. The number of amides is 1. The van der Waals surface area contributed by atoms with E-state index in [2.05, 4.69) is 5.32 Å². The highest BCUT2D eigenvalue weighted by atomic mass is 35.5. The van der Waals surface area contributed by atoms with Crippen molar-refractivity contribution in [3.63, 3.8) is 0 Å². The fourth-order valence-electron chi connectivity index (χ4n) is 2.22. The summed E-state index contributed by atoms with van der Waals surface area (Å²) in [6.45, 7) is 7.30. The fraction of sp³-hybridized carbons (Fsp3) is 0.556. The average molecular weight is 372 g/mol. The number of esters is 1. The Bertz CT molecular complexity index is 603. The maximum absolute atomic E-state index is 12.2. The van der Waals surface area contributed by atoms with E-state index >= 15 is 0 Å². The Morgan fingerprint density at radius 1 is 1.24 bits per heavy atom. The number of nitrogens with one attached hydrogen (secondary N) is 1. The molecule has 0 aliphatic heterocycles. The van der Waals surface area contributed by atoms with Crippen LogP contribution < -0.4 is 14.8 Å². The number of carbonyl (C=O) groups excluding carboxylic acids is 2. The normalized spacial score (nSPS) is 11.8. The Kier molecular flexibility index (Phi) is 8.55. The van der Waals surface area contributed by atoms with Gasteiger partial charge in [0.05, 0.1) is 23.8 Å². The third-order valence-corrected chi connectivity index (χ3v) is 3.56. The van der Waals surface area contributed by atoms with Gasteiger partial charge < -0.3 is 19.5 Å². The molecule has 140 valence electrons. The van der Waals surface area contributed by atoms with Crippen LogP contribution in [0.1, 0.15) is 50.9 Å². The molecule has 1 aromatic rings. The lowest BCUT2D eigenvalue weighted by molar-refractivity contribution is -0.124. The first-order valence-corrected chi connectivity index (χ1v) is 8.66. The number of hydrogen-bond acceptors (Lipinski definition) is 5. The number of methoxy groups -OCH3 is 1. The van der Waals surface area contributed by atoms with Crippen molar-refractivity contribution in [2.24, 2.45) is 0 Å². The van der Waals surface area contributed by atoms with Crippen molar-refractivity contribution in [3.05, 3.63) is 22.7 Å². The third-order valence-electron chi connectivity index (χ3n) is 3.28. The molecule has 7 heteroatoms. The van der Waals surface area contributed by atoms with Gasteiger partial charge in [0.2, 0.25) is 0 Å². The van der Waals surface area contributed by atoms with Crippen LogP contribution in [0.2, 0.25) is 5.02 Å². The molecule has 0 aromatic heterocycles. The molecule has 0 radical (unpaired) electrons. The molecular formula is C18H26ClNO5. The van der Waals surface area contributed by atoms with E-state index in [1.807, 2.05) is 27.7 Å². The van der Waals surface area contributed by atoms with Gasteiger partial charge in [0.25, 0.3) is 5.91 Å². The minimum Gasteiger partial charge on any atom is -0.493 e. The second kappa shape index (κ2) is 10.1. The first-order chi connectivity index (χ1) is 11.8. The number of hydrogen-bond donors (Lipinski definition) is 1. The Labute approximate surface area is 153 Å². The van der Waals surface area contributed by atoms with Gasteiger partial charge in [0.1, 0.15) is 0 Å². The molecule has 0 fully saturated rings. The molecule has 0 saturated carbocycles. The second-order valence-corrected chi connectivity index (χ2v) is 6.40. The minimum absolute atomic E-state index is 0.0400. The van der Waals surface area contributed by atoms with E-state index in [-0.39, 0.29) is 35.2 Å². The molecule has 0 aliphatic rings. The van der Waals surface area contributed by atoms with Crippen molar-refractivity contribution >= 4 is 23.5 Å². The van der Waals surface area contributed by atoms with E-state index in [1.165, 1.54) is 19.2 Å². The highest BCUT2D eigenvalue weighted by molar-refractivity contribution is 6.32. The van der Waals surface area contributed by atoms with Gasteiger partial charge in [-0.3, -0.25) is 4.79 Å². The highest BCUT2D eigenvalue weighted by Crippen LogP contribution is 2.37. The van der Waals surface area contributed by atoms with Gasteiger partial charge in [0, 0.05) is 6.04 Å². The molecule has 0 aliphatic carbocycles. The summed E-state index contributed by atoms with van der Waals surface area (Å²) < 4.78 is 15.9. The van der Waals surface area contributed by atoms with Gasteiger partial charge in [-0.05, 0) is 39.3 Å². The van der Waals surface area contributed by atoms with Crippen LogP contribution in [0.4, 0.5) is 0 Å². The molecule has 1 rings (SSSR count). The molecule has 1 amide bonds. The first-order valence-electron chi connectivity index (χ1n) is 8.29. The van der Waals surface area contributed by atoms with Crippen LogP contribution in [0.15, 0.2) is 12.1 Å². The molecule has 1 unspecified atom stereocenters. The Hall–Kier alpha value is -1.95. The fourth-order valence-corrected chi connectivity index (χ4v) is 2.48. The topological polar surface area (TPSA) is 73.9 Å². The van der Waals surface area contributed by atoms with Crippen LogP contribution in [0, 0.1) is 0 Å². The predicted octanol–water partition coefficient (Wildman–Crippen LogP) is 3.60. The van der Waals surface area contributed by atoms with Crippen molar-refractivity contribution in [1.29, 1.82) is 0 Å². The van der Waals surface area contributed by atoms with Gasteiger partial charge in [-0.1, -0.05) is 24.9 Å². The number of rotatable bonds is 9. The molecule has 0 saturated heterocycles. The van der Waals surface area contributed by atoms with Gasteiger partial charge in [0.15, 0.2) is 18.1 Å². The summed E-state index contributed by atoms with van der Waals surface area (Å²) in [5.74, 6) is -0.308. The largest absolute Gasteiger partial charge is 0.493 e. The lowest BCUT2D eigenvalue weighted by atomic mass is 10.2. The smallest absolute Gasteiger partial charge is 0.338 e. The Morgan fingerprint density at radius 2 is 1.92 bits per heavy atom. The maximum atomic E-state index is 12.2. The molecule has 1 N–H and O–H groups in total. The van der Waals surface area contributed by atoms with Crippen molar-refractivity contribution in [1.82, 2.24) is 5.32 Å². The number of ether oxygens (including phenoxy) is 3. The summed E-state index contributed by atoms with van der Waals surface area (Å²) in [5.41, 5.74) is 0.187. The van der Waals surface area contributed by atoms with E-state index in [9.17, 15) is 9.59 Å². The maximum Gasteiger partial charge on any atom is 0.338 e. The van der Waals surface area contributed by atoms with Crippen LogP contribution in [0.5, 0.6) is 11.5 Å². The van der Waals surface area contributed by atoms with E-state index in [4.69, 9.17) is 25.8 Å². The van der Waals surface area contributed by atoms with Gasteiger partial charge in [-0.2, -0.15) is 0 Å². The first kappa shape index (κ1) is 21.1. The molecule has 6 nitrogen and oxygen atoms in total. The Morgan fingerprint density at radius 3 is 2.48 bits per heavy atom. The standard InChI is InChI=1S/C18H26ClNO5/c1-6-7-12(4)20-16(21)10-24-18(22)13-8-14(19)17(25-11(2)3)15(9-13)23-5/h8-9,11-12H,6-7,10H2,1-5H3,(H,20,21). The van der Waals surface area contributed by atoms with Crippen LogP contribution in [-0.4, -0.2) is 37.7 Å². The van der Waals surface area contributed by atoms with E-state index < -0.39 is 5.97 Å². The summed E-state index contributed by atoms with van der Waals surface area (Å²) in [6.07, 6.45) is 1.73. The number of carbonyl (C=O) groups is 2.